The van der Waals surface area contributed by atoms with Crippen LogP contribution in [-0.2, 0) is 20.5 Å². The molecular weight excluding hydrogens is 387 g/mol. The molecule has 1 atom stereocenters. The minimum atomic E-state index is -4.38. The molecule has 0 bridgehead atoms. The van der Waals surface area contributed by atoms with E-state index in [1.807, 2.05) is 0 Å². The Labute approximate surface area is 168 Å². The number of hydrogen-bond donors (Lipinski definition) is 1. The molecule has 1 N–H and O–H groups in total. The monoisotopic (exact) mass is 413 g/mol. The summed E-state index contributed by atoms with van der Waals surface area (Å²) in [4.78, 5) is 27.7. The van der Waals surface area contributed by atoms with Crippen molar-refractivity contribution in [1.82, 2.24) is 15.1 Å². The number of nitrogens with zero attached hydrogens (tertiary/aromatic N) is 2. The van der Waals surface area contributed by atoms with Crippen LogP contribution in [0.15, 0.2) is 24.3 Å². The Morgan fingerprint density at radius 3 is 2.41 bits per heavy atom. The molecule has 2 fully saturated rings. The molecule has 0 saturated carbocycles. The minimum Gasteiger partial charge on any atom is -0.379 e. The molecular formula is C20H26F3N3O3. The van der Waals surface area contributed by atoms with Crippen LogP contribution >= 0.6 is 0 Å². The molecule has 29 heavy (non-hydrogen) atoms. The minimum absolute atomic E-state index is 0.0775. The highest BCUT2D eigenvalue weighted by Gasteiger charge is 2.31. The van der Waals surface area contributed by atoms with Crippen LogP contribution in [0.2, 0.25) is 0 Å². The highest BCUT2D eigenvalue weighted by atomic mass is 19.4. The molecule has 2 saturated heterocycles. The van der Waals surface area contributed by atoms with Crippen LogP contribution in [0.3, 0.4) is 0 Å². The van der Waals surface area contributed by atoms with Crippen LogP contribution in [0.1, 0.15) is 36.4 Å². The fourth-order valence-electron chi connectivity index (χ4n) is 3.72. The van der Waals surface area contributed by atoms with E-state index < -0.39 is 11.7 Å². The lowest BCUT2D eigenvalue weighted by Crippen LogP contribution is -2.44. The first-order chi connectivity index (χ1) is 13.8. The second-order valence-electron chi connectivity index (χ2n) is 7.32. The van der Waals surface area contributed by atoms with Crippen LogP contribution in [0.5, 0.6) is 0 Å². The average molecular weight is 413 g/mol. The Hall–Kier alpha value is -2.13. The van der Waals surface area contributed by atoms with Gasteiger partial charge in [0.05, 0.1) is 24.8 Å². The molecule has 2 aliphatic heterocycles. The number of halogens is 3. The Balaban J connectivity index is 1.61. The van der Waals surface area contributed by atoms with Crippen molar-refractivity contribution < 1.29 is 27.5 Å². The van der Waals surface area contributed by atoms with E-state index in [0.717, 1.165) is 24.1 Å². The fourth-order valence-corrected chi connectivity index (χ4v) is 3.72. The number of alkyl halides is 3. The summed E-state index contributed by atoms with van der Waals surface area (Å²) in [5, 5.41) is 2.88. The van der Waals surface area contributed by atoms with E-state index in [1.54, 1.807) is 4.90 Å². The van der Waals surface area contributed by atoms with Gasteiger partial charge in [-0.3, -0.25) is 14.5 Å². The van der Waals surface area contributed by atoms with E-state index in [4.69, 9.17) is 4.74 Å². The van der Waals surface area contributed by atoms with Gasteiger partial charge >= 0.3 is 6.18 Å². The van der Waals surface area contributed by atoms with Gasteiger partial charge in [0.25, 0.3) is 0 Å². The molecule has 2 heterocycles. The van der Waals surface area contributed by atoms with Gasteiger partial charge in [-0.25, -0.2) is 0 Å². The van der Waals surface area contributed by atoms with Crippen molar-refractivity contribution >= 4 is 11.8 Å². The summed E-state index contributed by atoms with van der Waals surface area (Å²) < 4.78 is 43.9. The Bertz CT molecular complexity index is 703. The average Bonchev–Trinajstić information content (AvgIpc) is 3.12. The zero-order chi connectivity index (χ0) is 20.9. The quantitative estimate of drug-likeness (QED) is 0.745. The third-order valence-electron chi connectivity index (χ3n) is 5.38. The third kappa shape index (κ3) is 5.93. The maximum absolute atomic E-state index is 12.9. The normalized spacial score (nSPS) is 19.4. The maximum Gasteiger partial charge on any atom is 0.416 e. The predicted octanol–water partition coefficient (Wildman–Crippen LogP) is 2.21. The molecule has 2 aliphatic rings. The summed E-state index contributed by atoms with van der Waals surface area (Å²) in [6.45, 7) is 3.75. The first-order valence-electron chi connectivity index (χ1n) is 9.88. The van der Waals surface area contributed by atoms with Gasteiger partial charge in [0.2, 0.25) is 11.8 Å². The van der Waals surface area contributed by atoms with Crippen molar-refractivity contribution in [2.24, 2.45) is 0 Å². The second-order valence-corrected chi connectivity index (χ2v) is 7.32. The number of benzene rings is 1. The number of hydrogen-bond acceptors (Lipinski definition) is 4. The number of nitrogens with one attached hydrogen (secondary N) is 1. The first-order valence-corrected chi connectivity index (χ1v) is 9.88. The van der Waals surface area contributed by atoms with Gasteiger partial charge in [0.1, 0.15) is 0 Å². The van der Waals surface area contributed by atoms with E-state index in [-0.39, 0.29) is 30.8 Å². The van der Waals surface area contributed by atoms with Gasteiger partial charge < -0.3 is 15.0 Å². The van der Waals surface area contributed by atoms with Crippen LogP contribution in [0.4, 0.5) is 13.2 Å². The van der Waals surface area contributed by atoms with E-state index in [2.05, 4.69) is 10.2 Å². The molecule has 6 nitrogen and oxygen atoms in total. The lowest BCUT2D eigenvalue weighted by Gasteiger charge is -2.35. The summed E-state index contributed by atoms with van der Waals surface area (Å²) in [6.07, 6.45) is -2.80. The molecule has 3 rings (SSSR count). The van der Waals surface area contributed by atoms with Crippen molar-refractivity contribution in [1.29, 1.82) is 0 Å². The van der Waals surface area contributed by atoms with Crippen LogP contribution in [0, 0.1) is 0 Å². The maximum atomic E-state index is 12.9. The van der Waals surface area contributed by atoms with E-state index in [0.29, 0.717) is 45.8 Å². The van der Waals surface area contributed by atoms with E-state index >= 15 is 0 Å². The van der Waals surface area contributed by atoms with E-state index in [9.17, 15) is 22.8 Å². The van der Waals surface area contributed by atoms with Crippen molar-refractivity contribution in [3.8, 4) is 0 Å². The third-order valence-corrected chi connectivity index (χ3v) is 5.38. The number of rotatable bonds is 7. The Morgan fingerprint density at radius 2 is 1.83 bits per heavy atom. The van der Waals surface area contributed by atoms with Gasteiger partial charge in [-0.1, -0.05) is 12.1 Å². The lowest BCUT2D eigenvalue weighted by atomic mass is 10.0. The summed E-state index contributed by atoms with van der Waals surface area (Å²) in [5.74, 6) is -0.0939. The van der Waals surface area contributed by atoms with Crippen LogP contribution in [0.25, 0.3) is 0 Å². The number of ether oxygens (including phenoxy) is 1. The highest BCUT2D eigenvalue weighted by molar-refractivity contribution is 5.80. The van der Waals surface area contributed by atoms with Gasteiger partial charge in [0.15, 0.2) is 0 Å². The molecule has 0 spiro atoms. The number of morpholine rings is 1. The predicted molar refractivity (Wildman–Crippen MR) is 100 cm³/mol. The molecule has 1 aromatic rings. The lowest BCUT2D eigenvalue weighted by molar-refractivity contribution is -0.137. The van der Waals surface area contributed by atoms with Crippen molar-refractivity contribution in [2.45, 2.75) is 31.5 Å². The molecule has 9 heteroatoms. The zero-order valence-corrected chi connectivity index (χ0v) is 16.2. The van der Waals surface area contributed by atoms with Crippen LogP contribution in [-0.4, -0.2) is 67.6 Å². The van der Waals surface area contributed by atoms with Gasteiger partial charge in [-0.05, 0) is 24.1 Å². The van der Waals surface area contributed by atoms with Crippen LogP contribution < -0.4 is 5.32 Å². The Morgan fingerprint density at radius 1 is 1.14 bits per heavy atom. The summed E-state index contributed by atoms with van der Waals surface area (Å²) in [7, 11) is 0. The highest BCUT2D eigenvalue weighted by Crippen LogP contribution is 2.31. The topological polar surface area (TPSA) is 61.9 Å². The van der Waals surface area contributed by atoms with Crippen molar-refractivity contribution in [3.05, 3.63) is 35.4 Å². The largest absolute Gasteiger partial charge is 0.416 e. The molecule has 2 amide bonds. The fraction of sp³-hybridized carbons (Fsp3) is 0.600. The van der Waals surface area contributed by atoms with Gasteiger partial charge in [-0.15, -0.1) is 0 Å². The van der Waals surface area contributed by atoms with Crippen molar-refractivity contribution in [3.63, 3.8) is 0 Å². The van der Waals surface area contributed by atoms with Gasteiger partial charge in [0, 0.05) is 45.6 Å². The molecule has 0 aliphatic carbocycles. The Kier molecular flexibility index (Phi) is 7.13. The van der Waals surface area contributed by atoms with Crippen molar-refractivity contribution in [2.75, 3.05) is 45.9 Å². The molecule has 0 aromatic heterocycles. The standard InChI is InChI=1S/C20H26F3N3O3/c21-20(22,23)16-5-3-15(4-6-16)17(25-10-12-29-13-11-25)14-24-18(27)7-9-26-8-1-2-19(26)28/h3-6,17H,1-2,7-14H2,(H,24,27). The molecule has 1 unspecified atom stereocenters. The summed E-state index contributed by atoms with van der Waals surface area (Å²) in [5.41, 5.74) is 0.0243. The van der Waals surface area contributed by atoms with Gasteiger partial charge in [-0.2, -0.15) is 13.2 Å². The summed E-state index contributed by atoms with van der Waals surface area (Å²) in [6, 6.07) is 4.85. The molecule has 160 valence electrons. The zero-order valence-electron chi connectivity index (χ0n) is 16.2. The number of carbonyl (C=O) groups excluding carboxylic acids is 2. The SMILES string of the molecule is O=C(CCN1CCCC1=O)NCC(c1ccc(C(F)(F)F)cc1)N1CCOCC1. The molecule has 1 aromatic carbocycles. The smallest absolute Gasteiger partial charge is 0.379 e. The summed E-state index contributed by atoms with van der Waals surface area (Å²) >= 11 is 0. The first kappa shape index (κ1) is 21.6. The number of amides is 2. The van der Waals surface area contributed by atoms with E-state index in [1.165, 1.54) is 12.1 Å². The number of carbonyl (C=O) groups is 2. The second kappa shape index (κ2) is 9.58. The molecule has 0 radical (unpaired) electrons. The number of likely N-dealkylation sites (tertiary alicyclic amines) is 1.